The molecule has 0 aliphatic carbocycles. The molecule has 1 aromatic heterocycles. The second-order valence-corrected chi connectivity index (χ2v) is 2.92. The third-order valence-corrected chi connectivity index (χ3v) is 1.79. The van der Waals surface area contributed by atoms with Crippen LogP contribution in [-0.2, 0) is 4.74 Å². The molecule has 1 aromatic rings. The molecule has 0 spiro atoms. The Bertz CT molecular complexity index is 410. The van der Waals surface area contributed by atoms with Crippen molar-refractivity contribution < 1.29 is 18.3 Å². The van der Waals surface area contributed by atoms with Crippen LogP contribution in [0.3, 0.4) is 0 Å². The molecule has 0 bridgehead atoms. The quantitative estimate of drug-likeness (QED) is 0.766. The Hall–Kier alpha value is -1.92. The lowest BCUT2D eigenvalue weighted by atomic mass is 10.2. The number of alkyl halides is 2. The van der Waals surface area contributed by atoms with Gasteiger partial charge in [0.2, 0.25) is 0 Å². The fourth-order valence-electron chi connectivity index (χ4n) is 1.10. The second-order valence-electron chi connectivity index (χ2n) is 2.92. The van der Waals surface area contributed by atoms with Gasteiger partial charge in [-0.15, -0.1) is 0 Å². The van der Waals surface area contributed by atoms with E-state index in [9.17, 15) is 13.6 Å². The number of carbonyl (C=O) groups excluding carboxylic acids is 1. The van der Waals surface area contributed by atoms with Crippen molar-refractivity contribution in [2.75, 3.05) is 18.1 Å². The van der Waals surface area contributed by atoms with Crippen molar-refractivity contribution in [3.8, 4) is 0 Å². The first-order valence-corrected chi connectivity index (χ1v) is 4.48. The van der Waals surface area contributed by atoms with Crippen LogP contribution in [-0.4, -0.2) is 17.6 Å². The van der Waals surface area contributed by atoms with Crippen LogP contribution < -0.4 is 11.5 Å². The molecular formula is C9H11F2N3O2. The number of halogens is 2. The zero-order valence-corrected chi connectivity index (χ0v) is 8.54. The Kier molecular flexibility index (Phi) is 3.60. The summed E-state index contributed by atoms with van der Waals surface area (Å²) in [5, 5.41) is 0. The molecule has 0 saturated heterocycles. The number of hydrogen-bond donors (Lipinski definition) is 2. The molecule has 88 valence electrons. The van der Waals surface area contributed by atoms with Gasteiger partial charge in [0.1, 0.15) is 5.69 Å². The van der Waals surface area contributed by atoms with Crippen LogP contribution in [0.25, 0.3) is 0 Å². The zero-order chi connectivity index (χ0) is 12.3. The largest absolute Gasteiger partial charge is 0.461 e. The summed E-state index contributed by atoms with van der Waals surface area (Å²) in [4.78, 5) is 14.7. The molecule has 0 unspecified atom stereocenters. The van der Waals surface area contributed by atoms with Gasteiger partial charge in [-0.2, -0.15) is 0 Å². The van der Waals surface area contributed by atoms with E-state index in [1.807, 2.05) is 0 Å². The minimum atomic E-state index is -2.87. The average Bonchev–Trinajstić information content (AvgIpc) is 2.17. The number of ether oxygens (including phenoxy) is 1. The monoisotopic (exact) mass is 231 g/mol. The molecule has 0 amide bonds. The van der Waals surface area contributed by atoms with Gasteiger partial charge in [0.15, 0.2) is 5.69 Å². The zero-order valence-electron chi connectivity index (χ0n) is 8.54. The van der Waals surface area contributed by atoms with Crippen molar-refractivity contribution in [1.82, 2.24) is 4.98 Å². The predicted molar refractivity (Wildman–Crippen MR) is 54.0 cm³/mol. The Labute approximate surface area is 90.4 Å². The maximum Gasteiger partial charge on any atom is 0.359 e. The summed E-state index contributed by atoms with van der Waals surface area (Å²) in [7, 11) is 0. The minimum absolute atomic E-state index is 0.0830. The molecule has 1 heterocycles. The van der Waals surface area contributed by atoms with Crippen LogP contribution >= 0.6 is 0 Å². The Morgan fingerprint density at radius 3 is 2.62 bits per heavy atom. The standard InChI is InChI=1S/C9H11F2N3O2/c1-2-16-9(15)7-5(13)3-4(12)6(14-7)8(10)11/h3,8H,2,12-13H2,1H3. The Morgan fingerprint density at radius 2 is 2.12 bits per heavy atom. The number of carbonyl (C=O) groups is 1. The molecule has 0 radical (unpaired) electrons. The second kappa shape index (κ2) is 4.73. The van der Waals surface area contributed by atoms with Gasteiger partial charge in [-0.05, 0) is 13.0 Å². The van der Waals surface area contributed by atoms with Gasteiger partial charge >= 0.3 is 5.97 Å². The molecule has 1 rings (SSSR count). The molecule has 0 fully saturated rings. The molecule has 0 aliphatic rings. The predicted octanol–water partition coefficient (Wildman–Crippen LogP) is 1.36. The third kappa shape index (κ3) is 2.36. The summed E-state index contributed by atoms with van der Waals surface area (Å²) in [5.74, 6) is -0.845. The van der Waals surface area contributed by atoms with Gasteiger partial charge in [-0.3, -0.25) is 0 Å². The van der Waals surface area contributed by atoms with Crippen LogP contribution in [0, 0.1) is 0 Å². The molecule has 5 nitrogen and oxygen atoms in total. The average molecular weight is 231 g/mol. The maximum atomic E-state index is 12.5. The Morgan fingerprint density at radius 1 is 1.50 bits per heavy atom. The number of esters is 1. The first-order chi connectivity index (χ1) is 7.47. The number of aromatic nitrogens is 1. The van der Waals surface area contributed by atoms with Crippen LogP contribution in [0.4, 0.5) is 20.2 Å². The van der Waals surface area contributed by atoms with Crippen LogP contribution in [0.1, 0.15) is 29.5 Å². The molecule has 0 aliphatic heterocycles. The topological polar surface area (TPSA) is 91.2 Å². The molecular weight excluding hydrogens is 220 g/mol. The molecule has 0 atom stereocenters. The number of nitrogen functional groups attached to an aromatic ring is 2. The first-order valence-electron chi connectivity index (χ1n) is 4.48. The van der Waals surface area contributed by atoms with Crippen molar-refractivity contribution in [3.05, 3.63) is 17.5 Å². The highest BCUT2D eigenvalue weighted by Gasteiger charge is 2.20. The maximum absolute atomic E-state index is 12.5. The third-order valence-electron chi connectivity index (χ3n) is 1.79. The van der Waals surface area contributed by atoms with Gasteiger partial charge < -0.3 is 16.2 Å². The summed E-state index contributed by atoms with van der Waals surface area (Å²) in [6.45, 7) is 1.69. The lowest BCUT2D eigenvalue weighted by Gasteiger charge is -2.09. The van der Waals surface area contributed by atoms with Crippen LogP contribution in [0.2, 0.25) is 0 Å². The number of nitrogens with two attached hydrogens (primary N) is 2. The van der Waals surface area contributed by atoms with Crippen LogP contribution in [0.5, 0.6) is 0 Å². The molecule has 7 heteroatoms. The SMILES string of the molecule is CCOC(=O)c1nc(C(F)F)c(N)cc1N. The summed E-state index contributed by atoms with van der Waals surface area (Å²) in [5.41, 5.74) is 9.38. The fraction of sp³-hybridized carbons (Fsp3) is 0.333. The van der Waals surface area contributed by atoms with E-state index in [2.05, 4.69) is 9.72 Å². The van der Waals surface area contributed by atoms with Crippen molar-refractivity contribution in [2.24, 2.45) is 0 Å². The smallest absolute Gasteiger partial charge is 0.359 e. The van der Waals surface area contributed by atoms with Crippen molar-refractivity contribution in [1.29, 1.82) is 0 Å². The number of anilines is 2. The van der Waals surface area contributed by atoms with E-state index < -0.39 is 18.1 Å². The van der Waals surface area contributed by atoms with Gasteiger partial charge in [0, 0.05) is 0 Å². The normalized spacial score (nSPS) is 10.5. The number of pyridine rings is 1. The summed E-state index contributed by atoms with van der Waals surface area (Å²) in [6.07, 6.45) is -2.87. The van der Waals surface area contributed by atoms with E-state index in [0.29, 0.717) is 0 Å². The van der Waals surface area contributed by atoms with Crippen LogP contribution in [0.15, 0.2) is 6.07 Å². The van der Waals surface area contributed by atoms with Gasteiger partial charge in [0.05, 0.1) is 18.0 Å². The highest BCUT2D eigenvalue weighted by molar-refractivity contribution is 5.93. The van der Waals surface area contributed by atoms with E-state index in [1.165, 1.54) is 0 Å². The first kappa shape index (κ1) is 12.2. The van der Waals surface area contributed by atoms with Crippen molar-refractivity contribution in [3.63, 3.8) is 0 Å². The van der Waals surface area contributed by atoms with Gasteiger partial charge in [-0.1, -0.05) is 0 Å². The van der Waals surface area contributed by atoms with E-state index in [-0.39, 0.29) is 23.7 Å². The molecule has 0 saturated carbocycles. The lowest BCUT2D eigenvalue weighted by Crippen LogP contribution is -2.13. The van der Waals surface area contributed by atoms with E-state index >= 15 is 0 Å². The summed E-state index contributed by atoms with van der Waals surface area (Å²) >= 11 is 0. The van der Waals surface area contributed by atoms with E-state index in [1.54, 1.807) is 6.92 Å². The number of rotatable bonds is 3. The molecule has 0 aromatic carbocycles. The van der Waals surface area contributed by atoms with Crippen molar-refractivity contribution >= 4 is 17.3 Å². The molecule has 16 heavy (non-hydrogen) atoms. The van der Waals surface area contributed by atoms with E-state index in [0.717, 1.165) is 6.07 Å². The number of nitrogens with zero attached hydrogens (tertiary/aromatic N) is 1. The highest BCUT2D eigenvalue weighted by Crippen LogP contribution is 2.26. The highest BCUT2D eigenvalue weighted by atomic mass is 19.3. The Balaban J connectivity index is 3.19. The van der Waals surface area contributed by atoms with Gasteiger partial charge in [-0.25, -0.2) is 18.6 Å². The fourth-order valence-corrected chi connectivity index (χ4v) is 1.10. The minimum Gasteiger partial charge on any atom is -0.461 e. The summed E-state index contributed by atoms with van der Waals surface area (Å²) < 4.78 is 29.5. The lowest BCUT2D eigenvalue weighted by molar-refractivity contribution is 0.0519. The van der Waals surface area contributed by atoms with Gasteiger partial charge in [0.25, 0.3) is 6.43 Å². The molecule has 4 N–H and O–H groups in total. The summed E-state index contributed by atoms with van der Waals surface area (Å²) in [6, 6.07) is 1.07. The number of hydrogen-bond acceptors (Lipinski definition) is 5. The van der Waals surface area contributed by atoms with E-state index in [4.69, 9.17) is 11.5 Å². The van der Waals surface area contributed by atoms with Crippen molar-refractivity contribution in [2.45, 2.75) is 13.3 Å².